The third-order valence-corrected chi connectivity index (χ3v) is 5.41. The van der Waals surface area contributed by atoms with Crippen LogP contribution in [0.25, 0.3) is 32.7 Å². The van der Waals surface area contributed by atoms with Crippen molar-refractivity contribution >= 4 is 29.4 Å². The van der Waals surface area contributed by atoms with E-state index in [0.29, 0.717) is 21.9 Å². The highest BCUT2D eigenvalue weighted by molar-refractivity contribution is 7.48. The number of phosphoric acid groups is 1. The molecule has 0 bridgehead atoms. The quantitative estimate of drug-likeness (QED) is 0.418. The zero-order valence-electron chi connectivity index (χ0n) is 13.4. The van der Waals surface area contributed by atoms with Crippen molar-refractivity contribution in [3.05, 3.63) is 66.7 Å². The Morgan fingerprint density at radius 2 is 1.58 bits per heavy atom. The van der Waals surface area contributed by atoms with Crippen molar-refractivity contribution in [2.45, 2.75) is 0 Å². The van der Waals surface area contributed by atoms with Crippen molar-refractivity contribution in [3.63, 3.8) is 0 Å². The Bertz CT molecular complexity index is 1250. The van der Waals surface area contributed by atoms with E-state index in [9.17, 15) is 14.6 Å². The average molecular weight is 364 g/mol. The molecule has 4 aromatic rings. The Morgan fingerprint density at radius 3 is 2.46 bits per heavy atom. The number of benzene rings is 4. The highest BCUT2D eigenvalue weighted by Gasteiger charge is 2.34. The van der Waals surface area contributed by atoms with Gasteiger partial charge in [-0.1, -0.05) is 42.5 Å². The Morgan fingerprint density at radius 1 is 0.769 bits per heavy atom. The third kappa shape index (κ3) is 2.18. The van der Waals surface area contributed by atoms with Crippen LogP contribution in [0.1, 0.15) is 0 Å². The van der Waals surface area contributed by atoms with Crippen molar-refractivity contribution in [1.29, 1.82) is 0 Å². The molecule has 1 unspecified atom stereocenters. The molecule has 0 spiro atoms. The van der Waals surface area contributed by atoms with Gasteiger partial charge < -0.3 is 14.2 Å². The molecule has 128 valence electrons. The van der Waals surface area contributed by atoms with Crippen LogP contribution >= 0.6 is 7.82 Å². The fourth-order valence-corrected chi connectivity index (χ4v) is 4.34. The topological polar surface area (TPSA) is 76.0 Å². The molecule has 0 fully saturated rings. The maximum Gasteiger partial charge on any atom is 0.584 e. The lowest BCUT2D eigenvalue weighted by Gasteiger charge is -2.13. The monoisotopic (exact) mass is 364 g/mol. The molecule has 0 amide bonds. The summed E-state index contributed by atoms with van der Waals surface area (Å²) < 4.78 is 23.3. The second-order valence-corrected chi connectivity index (χ2v) is 7.43. The highest BCUT2D eigenvalue weighted by atomic mass is 31.2. The Balaban J connectivity index is 1.98. The minimum atomic E-state index is -4.37. The van der Waals surface area contributed by atoms with Gasteiger partial charge in [0.2, 0.25) is 0 Å². The van der Waals surface area contributed by atoms with Gasteiger partial charge >= 0.3 is 7.82 Å². The van der Waals surface area contributed by atoms with Gasteiger partial charge in [-0.15, -0.1) is 0 Å². The van der Waals surface area contributed by atoms with E-state index in [0.717, 1.165) is 10.8 Å². The molecule has 1 heterocycles. The molecule has 0 aromatic heterocycles. The van der Waals surface area contributed by atoms with Crippen LogP contribution in [0.15, 0.2) is 66.7 Å². The smallest absolute Gasteiger partial charge is 0.507 e. The molecule has 1 aliphatic heterocycles. The molecule has 1 atom stereocenters. The number of hydrogen-bond donors (Lipinski definition) is 2. The molecule has 4 aromatic carbocycles. The van der Waals surface area contributed by atoms with Crippen LogP contribution < -0.4 is 9.05 Å². The fourth-order valence-electron chi connectivity index (χ4n) is 3.47. The summed E-state index contributed by atoms with van der Waals surface area (Å²) in [6.45, 7) is 0. The summed E-state index contributed by atoms with van der Waals surface area (Å²) >= 11 is 0. The van der Waals surface area contributed by atoms with Crippen LogP contribution in [0.4, 0.5) is 0 Å². The first-order chi connectivity index (χ1) is 12.5. The molecule has 0 aliphatic carbocycles. The van der Waals surface area contributed by atoms with E-state index >= 15 is 0 Å². The Hall–Kier alpha value is -3.01. The van der Waals surface area contributed by atoms with Crippen molar-refractivity contribution in [2.75, 3.05) is 0 Å². The number of rotatable bonds is 0. The van der Waals surface area contributed by atoms with E-state index in [-0.39, 0.29) is 17.2 Å². The summed E-state index contributed by atoms with van der Waals surface area (Å²) in [7, 11) is -4.37. The van der Waals surface area contributed by atoms with Gasteiger partial charge in [-0.2, -0.15) is 0 Å². The van der Waals surface area contributed by atoms with Gasteiger partial charge in [-0.25, -0.2) is 4.57 Å². The lowest BCUT2D eigenvalue weighted by Crippen LogP contribution is -1.98. The largest absolute Gasteiger partial charge is 0.584 e. The van der Waals surface area contributed by atoms with Crippen molar-refractivity contribution in [1.82, 2.24) is 0 Å². The number of phenols is 1. The van der Waals surface area contributed by atoms with Crippen molar-refractivity contribution in [2.24, 2.45) is 0 Å². The maximum atomic E-state index is 12.5. The summed E-state index contributed by atoms with van der Waals surface area (Å²) in [5.74, 6) is 0.581. The van der Waals surface area contributed by atoms with Gasteiger partial charge in [0.1, 0.15) is 17.2 Å². The van der Waals surface area contributed by atoms with E-state index < -0.39 is 7.82 Å². The molecule has 2 N–H and O–H groups in total. The fraction of sp³-hybridized carbons (Fsp3) is 0. The van der Waals surface area contributed by atoms with Crippen LogP contribution in [-0.2, 0) is 4.57 Å². The number of fused-ring (bicyclic) bond motifs is 7. The molecule has 5 nitrogen and oxygen atoms in total. The van der Waals surface area contributed by atoms with Crippen LogP contribution in [0.3, 0.4) is 0 Å². The van der Waals surface area contributed by atoms with Gasteiger partial charge in [-0.3, -0.25) is 4.89 Å². The van der Waals surface area contributed by atoms with Crippen molar-refractivity contribution < 1.29 is 23.6 Å². The Kier molecular flexibility index (Phi) is 3.08. The number of phenolic OH excluding ortho intramolecular Hbond substituents is 1. The summed E-state index contributed by atoms with van der Waals surface area (Å²) in [6.07, 6.45) is 0. The molecule has 0 saturated carbocycles. The van der Waals surface area contributed by atoms with Crippen LogP contribution in [-0.4, -0.2) is 10.00 Å². The standard InChI is InChI=1S/C20H13O5P/c21-17-7-3-6-15-14(17)9-10-16-19-13-5-2-1-4-12(13)8-11-18(19)24-26(22,23)25-20(15)16/h1-11,21H,(H,22,23). The Labute approximate surface area is 148 Å². The van der Waals surface area contributed by atoms with Crippen molar-refractivity contribution in [3.8, 4) is 28.4 Å². The first-order valence-electron chi connectivity index (χ1n) is 8.02. The maximum absolute atomic E-state index is 12.5. The molecular weight excluding hydrogens is 351 g/mol. The second-order valence-electron chi connectivity index (χ2n) is 6.13. The SMILES string of the molecule is O=P1(O)Oc2ccc3ccccc3c2-c2ccc3c(O)cccc3c2O1. The molecule has 0 radical (unpaired) electrons. The molecule has 0 saturated heterocycles. The van der Waals surface area contributed by atoms with Gasteiger partial charge in [0.15, 0.2) is 0 Å². The van der Waals surface area contributed by atoms with E-state index in [2.05, 4.69) is 0 Å². The normalized spacial score (nSPS) is 18.5. The summed E-state index contributed by atoms with van der Waals surface area (Å²) in [5, 5.41) is 13.1. The molecular formula is C20H13O5P. The van der Waals surface area contributed by atoms with Gasteiger partial charge in [0, 0.05) is 21.9 Å². The number of phosphoric ester groups is 1. The average Bonchev–Trinajstić information content (AvgIpc) is 2.74. The number of aromatic hydroxyl groups is 1. The molecule has 6 heteroatoms. The zero-order valence-corrected chi connectivity index (χ0v) is 14.3. The van der Waals surface area contributed by atoms with Gasteiger partial charge in [-0.05, 0) is 35.0 Å². The summed E-state index contributed by atoms with van der Waals surface area (Å²) in [4.78, 5) is 10.2. The molecule has 1 aliphatic rings. The first-order valence-corrected chi connectivity index (χ1v) is 9.52. The van der Waals surface area contributed by atoms with Gasteiger partial charge in [0.25, 0.3) is 0 Å². The van der Waals surface area contributed by atoms with E-state index in [1.54, 1.807) is 36.4 Å². The van der Waals surface area contributed by atoms with E-state index in [1.807, 2.05) is 30.3 Å². The number of hydrogen-bond acceptors (Lipinski definition) is 4. The first kappa shape index (κ1) is 15.3. The predicted octanol–water partition coefficient (Wildman–Crippen LogP) is 5.24. The zero-order chi connectivity index (χ0) is 17.9. The third-order valence-electron chi connectivity index (χ3n) is 4.57. The lowest BCUT2D eigenvalue weighted by molar-refractivity contribution is 0.295. The second kappa shape index (κ2) is 5.24. The van der Waals surface area contributed by atoms with Gasteiger partial charge in [0.05, 0.1) is 0 Å². The van der Waals surface area contributed by atoms with Crippen LogP contribution in [0.2, 0.25) is 0 Å². The lowest BCUT2D eigenvalue weighted by atomic mass is 9.94. The van der Waals surface area contributed by atoms with Crippen LogP contribution in [0, 0.1) is 0 Å². The van der Waals surface area contributed by atoms with Crippen LogP contribution in [0.5, 0.6) is 17.2 Å². The minimum Gasteiger partial charge on any atom is -0.507 e. The van der Waals surface area contributed by atoms with E-state index in [1.165, 1.54) is 0 Å². The summed E-state index contributed by atoms with van der Waals surface area (Å²) in [6, 6.07) is 19.8. The molecule has 5 rings (SSSR count). The highest BCUT2D eigenvalue weighted by Crippen LogP contribution is 2.57. The minimum absolute atomic E-state index is 0.0741. The predicted molar refractivity (Wildman–Crippen MR) is 99.6 cm³/mol. The van der Waals surface area contributed by atoms with E-state index in [4.69, 9.17) is 9.05 Å². The summed E-state index contributed by atoms with van der Waals surface area (Å²) in [5.41, 5.74) is 1.33. The molecule has 26 heavy (non-hydrogen) atoms.